The Kier molecular flexibility index (Phi) is 9.35. The fraction of sp³-hybridized carbons (Fsp3) is 0.312. The molecule has 2 heterocycles. The highest BCUT2D eigenvalue weighted by Crippen LogP contribution is 2.23. The van der Waals surface area contributed by atoms with Crippen molar-refractivity contribution in [3.05, 3.63) is 101 Å². The predicted molar refractivity (Wildman–Crippen MR) is 160 cm³/mol. The van der Waals surface area contributed by atoms with E-state index in [1.54, 1.807) is 11.9 Å². The fourth-order valence-corrected chi connectivity index (χ4v) is 6.18. The molecule has 0 radical (unpaired) electrons. The second kappa shape index (κ2) is 13.3. The van der Waals surface area contributed by atoms with Crippen LogP contribution in [0.2, 0.25) is 0 Å². The van der Waals surface area contributed by atoms with E-state index in [0.717, 1.165) is 44.3 Å². The van der Waals surface area contributed by atoms with Gasteiger partial charge in [0.15, 0.2) is 0 Å². The molecule has 0 bridgehead atoms. The molecule has 218 valence electrons. The van der Waals surface area contributed by atoms with Crippen molar-refractivity contribution in [2.24, 2.45) is 0 Å². The van der Waals surface area contributed by atoms with E-state index in [4.69, 9.17) is 5.11 Å². The zero-order valence-corrected chi connectivity index (χ0v) is 24.3. The summed E-state index contributed by atoms with van der Waals surface area (Å²) < 4.78 is 24.7. The third kappa shape index (κ3) is 7.06. The highest BCUT2D eigenvalue weighted by atomic mass is 32.2. The molecule has 2 aliphatic heterocycles. The molecule has 2 aliphatic rings. The van der Waals surface area contributed by atoms with Gasteiger partial charge >= 0.3 is 5.97 Å². The van der Waals surface area contributed by atoms with Crippen molar-refractivity contribution in [2.75, 3.05) is 37.6 Å². The number of carbonyl (C=O) groups is 2. The summed E-state index contributed by atoms with van der Waals surface area (Å²) in [5.74, 6) is 5.40. The molecule has 2 atom stereocenters. The molecule has 1 saturated heterocycles. The van der Waals surface area contributed by atoms with Crippen LogP contribution in [0.3, 0.4) is 0 Å². The Morgan fingerprint density at radius 1 is 0.976 bits per heavy atom. The summed E-state index contributed by atoms with van der Waals surface area (Å²) in [4.78, 5) is 28.3. The van der Waals surface area contributed by atoms with Gasteiger partial charge in [-0.15, -0.1) is 0 Å². The Balaban J connectivity index is 1.20. The van der Waals surface area contributed by atoms with Crippen LogP contribution in [0.4, 0.5) is 5.69 Å². The number of carbonyl (C=O) groups excluding carboxylic acids is 1. The second-order valence-electron chi connectivity index (χ2n) is 10.5. The lowest BCUT2D eigenvalue weighted by atomic mass is 9.96. The number of carboxylic acid groups (broad SMARTS) is 1. The maximum absolute atomic E-state index is 13.2. The molecule has 5 rings (SSSR count). The maximum Gasteiger partial charge on any atom is 0.305 e. The summed E-state index contributed by atoms with van der Waals surface area (Å²) in [6, 6.07) is 23.1. The molecule has 10 heteroatoms. The van der Waals surface area contributed by atoms with Gasteiger partial charge in [-0.2, -0.15) is 4.41 Å². The first-order valence-corrected chi connectivity index (χ1v) is 15.0. The van der Waals surface area contributed by atoms with E-state index in [1.807, 2.05) is 77.7 Å². The first-order chi connectivity index (χ1) is 20.3. The lowest BCUT2D eigenvalue weighted by molar-refractivity contribution is -0.139. The Labute approximate surface area is 248 Å². The van der Waals surface area contributed by atoms with Gasteiger partial charge in [-0.3, -0.25) is 13.8 Å². The Bertz CT molecular complexity index is 1510. The molecule has 3 aromatic carbocycles. The van der Waals surface area contributed by atoms with Gasteiger partial charge in [-0.05, 0) is 60.9 Å². The van der Waals surface area contributed by atoms with E-state index >= 15 is 0 Å². The summed E-state index contributed by atoms with van der Waals surface area (Å²) in [6.45, 7) is 5.01. The highest BCUT2D eigenvalue weighted by molar-refractivity contribution is 7.76. The van der Waals surface area contributed by atoms with Crippen LogP contribution in [0.1, 0.15) is 46.0 Å². The number of hydrogen-bond donors (Lipinski definition) is 1. The molecular weight excluding hydrogens is 552 g/mol. The zero-order valence-electron chi connectivity index (χ0n) is 23.4. The van der Waals surface area contributed by atoms with E-state index in [9.17, 15) is 18.4 Å². The minimum absolute atomic E-state index is 0.0363. The van der Waals surface area contributed by atoms with Crippen molar-refractivity contribution in [3.8, 4) is 11.8 Å². The van der Waals surface area contributed by atoms with Crippen LogP contribution in [0.15, 0.2) is 72.8 Å². The van der Waals surface area contributed by atoms with Crippen LogP contribution >= 0.6 is 0 Å². The molecule has 0 aromatic heterocycles. The minimum atomic E-state index is -2.55. The minimum Gasteiger partial charge on any atom is -0.759 e. The Hall–Kier alpha value is -4.01. The number of rotatable bonds is 8. The van der Waals surface area contributed by atoms with Crippen molar-refractivity contribution >= 4 is 28.8 Å². The lowest BCUT2D eigenvalue weighted by Crippen LogP contribution is -2.57. The number of fused-ring (bicyclic) bond motifs is 1. The standard InChI is InChI=1S/C32H34N4O5S/c1-24(21-31(37)38)36(42(40)41)35-19-17-33(18-20-35)29-13-10-25(11-14-29)7-8-26-9-12-28-15-16-34(32(39)30(28)22-26)23-27-5-3-2-4-6-27/h2-6,9-14,22,24H,15-21,23H2,1H3,(H,37,38)(H,40,41)/p-1. The van der Waals surface area contributed by atoms with Gasteiger partial charge in [-0.25, -0.2) is 5.01 Å². The number of nitrogens with zero attached hydrogens (tertiary/aromatic N) is 4. The highest BCUT2D eigenvalue weighted by Gasteiger charge is 2.28. The number of amides is 1. The molecule has 1 N–H and O–H groups in total. The van der Waals surface area contributed by atoms with Crippen LogP contribution in [-0.4, -0.2) is 78.8 Å². The third-order valence-corrected chi connectivity index (χ3v) is 8.51. The van der Waals surface area contributed by atoms with Gasteiger partial charge in [0.25, 0.3) is 5.91 Å². The number of benzene rings is 3. The number of aliphatic carboxylic acids is 1. The number of piperazine rings is 1. The van der Waals surface area contributed by atoms with Crippen molar-refractivity contribution in [1.82, 2.24) is 14.3 Å². The molecule has 42 heavy (non-hydrogen) atoms. The predicted octanol–water partition coefficient (Wildman–Crippen LogP) is 3.28. The van der Waals surface area contributed by atoms with Gasteiger partial charge in [0, 0.05) is 79.0 Å². The average molecular weight is 586 g/mol. The molecule has 1 fully saturated rings. The maximum atomic E-state index is 13.2. The van der Waals surface area contributed by atoms with Crippen LogP contribution in [0.25, 0.3) is 0 Å². The summed E-state index contributed by atoms with van der Waals surface area (Å²) in [5, 5.41) is 10.8. The first kappa shape index (κ1) is 29.5. The molecule has 0 saturated carbocycles. The van der Waals surface area contributed by atoms with E-state index in [2.05, 4.69) is 16.7 Å². The zero-order chi connectivity index (χ0) is 29.6. The van der Waals surface area contributed by atoms with Crippen LogP contribution in [-0.2, 0) is 29.0 Å². The van der Waals surface area contributed by atoms with Crippen LogP contribution < -0.4 is 4.90 Å². The SMILES string of the molecule is CC(CC(=O)O)N(N1CCN(c2ccc(C#Cc3ccc4c(c3)C(=O)N(Cc3ccccc3)CC4)cc2)CC1)S(=O)[O-]. The van der Waals surface area contributed by atoms with Gasteiger partial charge < -0.3 is 19.5 Å². The topological polar surface area (TPSA) is 107 Å². The smallest absolute Gasteiger partial charge is 0.305 e. The molecule has 1 amide bonds. The summed E-state index contributed by atoms with van der Waals surface area (Å²) in [5.41, 5.74) is 5.53. The summed E-state index contributed by atoms with van der Waals surface area (Å²) in [7, 11) is 0. The van der Waals surface area contributed by atoms with Crippen LogP contribution in [0, 0.1) is 11.8 Å². The molecule has 2 unspecified atom stereocenters. The second-order valence-corrected chi connectivity index (χ2v) is 11.3. The number of anilines is 1. The van der Waals surface area contributed by atoms with E-state index < -0.39 is 23.3 Å². The van der Waals surface area contributed by atoms with Gasteiger partial charge in [0.2, 0.25) is 0 Å². The monoisotopic (exact) mass is 585 g/mol. The van der Waals surface area contributed by atoms with E-state index in [0.29, 0.717) is 39.3 Å². The average Bonchev–Trinajstić information content (AvgIpc) is 2.98. The largest absolute Gasteiger partial charge is 0.759 e. The van der Waals surface area contributed by atoms with Crippen molar-refractivity contribution in [3.63, 3.8) is 0 Å². The number of carboxylic acids is 1. The Morgan fingerprint density at radius 2 is 1.64 bits per heavy atom. The number of hydrazine groups is 1. The molecule has 3 aromatic rings. The lowest BCUT2D eigenvalue weighted by Gasteiger charge is -2.44. The molecule has 0 spiro atoms. The molecule has 9 nitrogen and oxygen atoms in total. The van der Waals surface area contributed by atoms with Gasteiger partial charge in [0.1, 0.15) is 0 Å². The van der Waals surface area contributed by atoms with Crippen molar-refractivity contribution in [1.29, 1.82) is 0 Å². The molecular formula is C32H33N4O5S-. The van der Waals surface area contributed by atoms with Gasteiger partial charge in [0.05, 0.1) is 6.42 Å². The Morgan fingerprint density at radius 3 is 2.31 bits per heavy atom. The van der Waals surface area contributed by atoms with Crippen molar-refractivity contribution < 1.29 is 23.5 Å². The van der Waals surface area contributed by atoms with Crippen LogP contribution in [0.5, 0.6) is 0 Å². The third-order valence-electron chi connectivity index (χ3n) is 7.61. The number of hydrogen-bond acceptors (Lipinski definition) is 6. The normalized spacial score (nSPS) is 16.9. The summed E-state index contributed by atoms with van der Waals surface area (Å²) in [6.07, 6.45) is 0.566. The van der Waals surface area contributed by atoms with E-state index in [-0.39, 0.29) is 12.3 Å². The quantitative estimate of drug-likeness (QED) is 0.319. The van der Waals surface area contributed by atoms with Crippen molar-refractivity contribution in [2.45, 2.75) is 32.4 Å². The van der Waals surface area contributed by atoms with E-state index in [1.165, 1.54) is 0 Å². The first-order valence-electron chi connectivity index (χ1n) is 14.0. The fourth-order valence-electron chi connectivity index (χ4n) is 5.46. The molecule has 0 aliphatic carbocycles. The van der Waals surface area contributed by atoms with Gasteiger partial charge in [-0.1, -0.05) is 48.2 Å². The summed E-state index contributed by atoms with van der Waals surface area (Å²) >= 11 is -2.55.